The number of carbonyl (C=O) groups is 3. The first-order valence-electron chi connectivity index (χ1n) is 10.9. The molecule has 1 fully saturated rings. The van der Waals surface area contributed by atoms with Crippen molar-refractivity contribution < 1.29 is 23.9 Å². The van der Waals surface area contributed by atoms with E-state index < -0.39 is 17.5 Å². The van der Waals surface area contributed by atoms with Crippen molar-refractivity contribution in [2.75, 3.05) is 44.4 Å². The van der Waals surface area contributed by atoms with Crippen LogP contribution in [0.2, 0.25) is 0 Å². The number of fused-ring (bicyclic) bond motifs is 4. The zero-order valence-corrected chi connectivity index (χ0v) is 19.0. The highest BCUT2D eigenvalue weighted by Crippen LogP contribution is 2.37. The van der Waals surface area contributed by atoms with Crippen molar-refractivity contribution in [3.05, 3.63) is 64.7 Å². The molecule has 5 rings (SSSR count). The van der Waals surface area contributed by atoms with Crippen LogP contribution in [0.1, 0.15) is 49.4 Å². The Morgan fingerprint density at radius 2 is 1.97 bits per heavy atom. The molecule has 1 aliphatic carbocycles. The van der Waals surface area contributed by atoms with Gasteiger partial charge < -0.3 is 13.9 Å². The summed E-state index contributed by atoms with van der Waals surface area (Å²) < 4.78 is 13.0. The average Bonchev–Trinajstić information content (AvgIpc) is 3.20. The van der Waals surface area contributed by atoms with E-state index in [2.05, 4.69) is 9.88 Å². The number of esters is 1. The summed E-state index contributed by atoms with van der Waals surface area (Å²) in [6.45, 7) is 5.04. The maximum atomic E-state index is 13.4. The van der Waals surface area contributed by atoms with Crippen LogP contribution in [0.25, 0.3) is 5.52 Å². The van der Waals surface area contributed by atoms with Crippen LogP contribution in [0.5, 0.6) is 5.75 Å². The Balaban J connectivity index is 1.61. The van der Waals surface area contributed by atoms with Gasteiger partial charge in [0.25, 0.3) is 0 Å². The number of pyridine rings is 2. The molecule has 170 valence electrons. The molecule has 0 N–H and O–H groups in total. The van der Waals surface area contributed by atoms with E-state index in [4.69, 9.17) is 9.47 Å². The Morgan fingerprint density at radius 3 is 2.76 bits per heavy atom. The standard InChI is InChI=1S/C24H23N3O5S/c1-2-31-24(30)18-17-21(23(29)19-15(22(17)28)5-3-7-25-19)27-8-4-6-16(20(18)27)32-12-9-26-10-13-33-14-11-26/h3-8H,2,9-14H2,1H3. The number of carbonyl (C=O) groups excluding carboxylic acids is 3. The van der Waals surface area contributed by atoms with Gasteiger partial charge in [-0.25, -0.2) is 4.79 Å². The number of ether oxygens (including phenoxy) is 2. The lowest BCUT2D eigenvalue weighted by Gasteiger charge is -2.25. The Hall–Kier alpha value is -3.17. The van der Waals surface area contributed by atoms with Crippen LogP contribution >= 0.6 is 11.8 Å². The minimum Gasteiger partial charge on any atom is -0.490 e. The first-order valence-corrected chi connectivity index (χ1v) is 12.1. The number of rotatable bonds is 6. The lowest BCUT2D eigenvalue weighted by molar-refractivity contribution is 0.0525. The smallest absolute Gasteiger partial charge is 0.341 e. The fourth-order valence-electron chi connectivity index (χ4n) is 4.36. The Bertz CT molecular complexity index is 1260. The molecule has 0 amide bonds. The van der Waals surface area contributed by atoms with E-state index in [1.54, 1.807) is 41.8 Å². The molecule has 9 heteroatoms. The van der Waals surface area contributed by atoms with Crippen molar-refractivity contribution in [3.8, 4) is 5.75 Å². The minimum atomic E-state index is -0.658. The SMILES string of the molecule is CCOC(=O)c1c2c(n3cccc(OCCN4CCSCC4)c13)C(=O)c1ncccc1C2=O. The molecule has 0 radical (unpaired) electrons. The van der Waals surface area contributed by atoms with Crippen LogP contribution < -0.4 is 4.74 Å². The summed E-state index contributed by atoms with van der Waals surface area (Å²) >= 11 is 1.94. The van der Waals surface area contributed by atoms with Crippen molar-refractivity contribution in [3.63, 3.8) is 0 Å². The largest absolute Gasteiger partial charge is 0.490 e. The van der Waals surface area contributed by atoms with Crippen LogP contribution in [-0.2, 0) is 4.74 Å². The molecular formula is C24H23N3O5S. The van der Waals surface area contributed by atoms with Gasteiger partial charge in [-0.3, -0.25) is 19.5 Å². The third-order valence-electron chi connectivity index (χ3n) is 5.88. The molecule has 0 aromatic carbocycles. The molecular weight excluding hydrogens is 442 g/mol. The first kappa shape index (κ1) is 21.7. The Labute approximate surface area is 194 Å². The zero-order chi connectivity index (χ0) is 22.9. The topological polar surface area (TPSA) is 90.2 Å². The lowest BCUT2D eigenvalue weighted by atomic mass is 9.89. The number of hydrogen-bond donors (Lipinski definition) is 0. The maximum absolute atomic E-state index is 13.4. The number of aromatic nitrogens is 2. The molecule has 0 atom stereocenters. The number of ketones is 2. The van der Waals surface area contributed by atoms with Gasteiger partial charge in [0.15, 0.2) is 5.78 Å². The summed E-state index contributed by atoms with van der Waals surface area (Å²) in [5.41, 5.74) is 0.848. The van der Waals surface area contributed by atoms with E-state index in [1.807, 2.05) is 11.8 Å². The number of nitrogens with zero attached hydrogens (tertiary/aromatic N) is 3. The molecule has 0 unspecified atom stereocenters. The quantitative estimate of drug-likeness (QED) is 0.402. The van der Waals surface area contributed by atoms with Gasteiger partial charge in [0.2, 0.25) is 5.78 Å². The molecule has 33 heavy (non-hydrogen) atoms. The van der Waals surface area contributed by atoms with Crippen LogP contribution in [0, 0.1) is 0 Å². The van der Waals surface area contributed by atoms with Gasteiger partial charge >= 0.3 is 5.97 Å². The van der Waals surface area contributed by atoms with Gasteiger partial charge in [-0.05, 0) is 31.2 Å². The van der Waals surface area contributed by atoms with Crippen LogP contribution in [0.4, 0.5) is 0 Å². The zero-order valence-electron chi connectivity index (χ0n) is 18.2. The van der Waals surface area contributed by atoms with Gasteiger partial charge in [0, 0.05) is 43.5 Å². The normalized spacial score (nSPS) is 15.9. The molecule has 1 aliphatic heterocycles. The second-order valence-electron chi connectivity index (χ2n) is 7.77. The molecule has 3 aromatic heterocycles. The van der Waals surface area contributed by atoms with Crippen LogP contribution in [0.15, 0.2) is 36.7 Å². The third-order valence-corrected chi connectivity index (χ3v) is 6.82. The molecule has 1 saturated heterocycles. The van der Waals surface area contributed by atoms with E-state index >= 15 is 0 Å². The number of thioether (sulfide) groups is 1. The van der Waals surface area contributed by atoms with Crippen LogP contribution in [0.3, 0.4) is 0 Å². The molecule has 3 aromatic rings. The predicted octanol–water partition coefficient (Wildman–Crippen LogP) is 2.71. The molecule has 0 spiro atoms. The van der Waals surface area contributed by atoms with E-state index in [0.29, 0.717) is 17.9 Å². The fourth-order valence-corrected chi connectivity index (χ4v) is 5.34. The summed E-state index contributed by atoms with van der Waals surface area (Å²) in [5.74, 6) is 1.15. The second-order valence-corrected chi connectivity index (χ2v) is 9.00. The third kappa shape index (κ3) is 3.71. The Morgan fingerprint density at radius 1 is 1.15 bits per heavy atom. The average molecular weight is 466 g/mol. The van der Waals surface area contributed by atoms with Gasteiger partial charge in [-0.15, -0.1) is 0 Å². The van der Waals surface area contributed by atoms with E-state index in [0.717, 1.165) is 31.1 Å². The van der Waals surface area contributed by atoms with Crippen molar-refractivity contribution in [2.24, 2.45) is 0 Å². The van der Waals surface area contributed by atoms with E-state index in [-0.39, 0.29) is 34.7 Å². The maximum Gasteiger partial charge on any atom is 0.341 e. The highest BCUT2D eigenvalue weighted by molar-refractivity contribution is 7.99. The summed E-state index contributed by atoms with van der Waals surface area (Å²) in [4.78, 5) is 46.3. The lowest BCUT2D eigenvalue weighted by Crippen LogP contribution is -2.35. The van der Waals surface area contributed by atoms with Gasteiger partial charge in [0.05, 0.1) is 17.7 Å². The molecule has 4 heterocycles. The molecule has 8 nitrogen and oxygen atoms in total. The van der Waals surface area contributed by atoms with Crippen molar-refractivity contribution >= 4 is 34.8 Å². The van der Waals surface area contributed by atoms with Crippen molar-refractivity contribution in [1.82, 2.24) is 14.3 Å². The highest BCUT2D eigenvalue weighted by atomic mass is 32.2. The summed E-state index contributed by atoms with van der Waals surface area (Å²) in [5, 5.41) is 0. The summed E-state index contributed by atoms with van der Waals surface area (Å²) in [6, 6.07) is 6.64. The predicted molar refractivity (Wildman–Crippen MR) is 124 cm³/mol. The number of hydrogen-bond acceptors (Lipinski definition) is 8. The molecule has 0 bridgehead atoms. The summed E-state index contributed by atoms with van der Waals surface area (Å²) in [6.07, 6.45) is 3.13. The molecule has 2 aliphatic rings. The monoisotopic (exact) mass is 465 g/mol. The Kier molecular flexibility index (Phi) is 5.90. The highest BCUT2D eigenvalue weighted by Gasteiger charge is 2.40. The van der Waals surface area contributed by atoms with Crippen LogP contribution in [-0.4, -0.2) is 76.2 Å². The minimum absolute atomic E-state index is 0.0445. The molecule has 0 saturated carbocycles. The van der Waals surface area contributed by atoms with Gasteiger partial charge in [-0.1, -0.05) is 0 Å². The van der Waals surface area contributed by atoms with Crippen molar-refractivity contribution in [2.45, 2.75) is 6.92 Å². The fraction of sp³-hybridized carbons (Fsp3) is 0.333. The van der Waals surface area contributed by atoms with E-state index in [1.165, 1.54) is 6.20 Å². The first-order chi connectivity index (χ1) is 16.1. The summed E-state index contributed by atoms with van der Waals surface area (Å²) in [7, 11) is 0. The second kappa shape index (κ2) is 8.99. The van der Waals surface area contributed by atoms with Gasteiger partial charge in [-0.2, -0.15) is 11.8 Å². The van der Waals surface area contributed by atoms with E-state index in [9.17, 15) is 14.4 Å². The van der Waals surface area contributed by atoms with Crippen molar-refractivity contribution in [1.29, 1.82) is 0 Å². The van der Waals surface area contributed by atoms with Gasteiger partial charge in [0.1, 0.15) is 34.8 Å².